The van der Waals surface area contributed by atoms with E-state index in [1.807, 2.05) is 60.7 Å². The maximum Gasteiger partial charge on any atom is 0.338 e. The van der Waals surface area contributed by atoms with Crippen molar-refractivity contribution >= 4 is 23.3 Å². The van der Waals surface area contributed by atoms with E-state index in [4.69, 9.17) is 4.74 Å². The molecule has 158 valence electrons. The Kier molecular flexibility index (Phi) is 7.31. The highest BCUT2D eigenvalue weighted by Crippen LogP contribution is 2.26. The van der Waals surface area contributed by atoms with E-state index in [1.54, 1.807) is 0 Å². The quantitative estimate of drug-likeness (QED) is 0.311. The second kappa shape index (κ2) is 10.5. The number of hydrogen-bond acceptors (Lipinski definition) is 6. The Labute approximate surface area is 179 Å². The van der Waals surface area contributed by atoms with Crippen molar-refractivity contribution < 1.29 is 19.2 Å². The molecule has 0 bridgehead atoms. The third-order valence-electron chi connectivity index (χ3n) is 4.42. The first-order valence-corrected chi connectivity index (χ1v) is 9.57. The first-order valence-electron chi connectivity index (χ1n) is 9.57. The van der Waals surface area contributed by atoms with Crippen LogP contribution in [-0.2, 0) is 22.6 Å². The number of hydrogen-bond donors (Lipinski definition) is 2. The highest BCUT2D eigenvalue weighted by atomic mass is 16.6. The van der Waals surface area contributed by atoms with Gasteiger partial charge in [0.25, 0.3) is 11.6 Å². The van der Waals surface area contributed by atoms with Gasteiger partial charge >= 0.3 is 5.97 Å². The zero-order valence-corrected chi connectivity index (χ0v) is 16.6. The van der Waals surface area contributed by atoms with Crippen LogP contribution in [0.5, 0.6) is 0 Å². The van der Waals surface area contributed by atoms with Gasteiger partial charge in [0.15, 0.2) is 6.61 Å². The van der Waals surface area contributed by atoms with Crippen molar-refractivity contribution in [2.45, 2.75) is 13.1 Å². The lowest BCUT2D eigenvalue weighted by molar-refractivity contribution is -0.384. The third kappa shape index (κ3) is 6.40. The minimum Gasteiger partial charge on any atom is -0.452 e. The number of carbonyl (C=O) groups is 2. The van der Waals surface area contributed by atoms with Gasteiger partial charge < -0.3 is 15.4 Å². The van der Waals surface area contributed by atoms with E-state index in [0.717, 1.165) is 17.2 Å². The van der Waals surface area contributed by atoms with Gasteiger partial charge in [0.05, 0.1) is 10.5 Å². The van der Waals surface area contributed by atoms with Crippen LogP contribution < -0.4 is 10.6 Å². The molecule has 2 N–H and O–H groups in total. The molecule has 0 saturated heterocycles. The molecule has 0 radical (unpaired) electrons. The fourth-order valence-electron chi connectivity index (χ4n) is 2.81. The Morgan fingerprint density at radius 2 is 1.48 bits per heavy atom. The molecule has 0 saturated carbocycles. The summed E-state index contributed by atoms with van der Waals surface area (Å²) in [5, 5.41) is 17.1. The molecule has 3 aromatic rings. The van der Waals surface area contributed by atoms with Crippen LogP contribution in [-0.4, -0.2) is 23.4 Å². The number of nitro groups is 1. The fourth-order valence-corrected chi connectivity index (χ4v) is 2.81. The lowest BCUT2D eigenvalue weighted by atomic mass is 10.1. The van der Waals surface area contributed by atoms with Gasteiger partial charge in [-0.2, -0.15) is 0 Å². The Morgan fingerprint density at radius 3 is 2.10 bits per heavy atom. The number of esters is 1. The topological polar surface area (TPSA) is 111 Å². The van der Waals surface area contributed by atoms with E-state index in [-0.39, 0.29) is 16.9 Å². The van der Waals surface area contributed by atoms with Crippen LogP contribution >= 0.6 is 0 Å². The van der Waals surface area contributed by atoms with Crippen LogP contribution in [0.2, 0.25) is 0 Å². The van der Waals surface area contributed by atoms with Gasteiger partial charge in [-0.15, -0.1) is 0 Å². The number of amides is 1. The molecule has 0 unspecified atom stereocenters. The number of nitrogens with zero attached hydrogens (tertiary/aromatic N) is 1. The lowest BCUT2D eigenvalue weighted by Crippen LogP contribution is -2.28. The normalized spacial score (nSPS) is 10.2. The number of nitro benzene ring substituents is 1. The second-order valence-electron chi connectivity index (χ2n) is 6.67. The van der Waals surface area contributed by atoms with Crippen LogP contribution in [0.15, 0.2) is 78.9 Å². The number of anilines is 1. The zero-order valence-electron chi connectivity index (χ0n) is 16.6. The van der Waals surface area contributed by atoms with E-state index in [1.165, 1.54) is 12.1 Å². The number of nitrogens with one attached hydrogen (secondary N) is 2. The van der Waals surface area contributed by atoms with Crippen molar-refractivity contribution in [3.05, 3.63) is 106 Å². The summed E-state index contributed by atoms with van der Waals surface area (Å²) in [5.74, 6) is -1.28. The second-order valence-corrected chi connectivity index (χ2v) is 6.67. The summed E-state index contributed by atoms with van der Waals surface area (Å²) < 4.78 is 4.99. The zero-order chi connectivity index (χ0) is 22.1. The van der Waals surface area contributed by atoms with E-state index in [2.05, 4.69) is 10.6 Å². The number of ether oxygens (including phenoxy) is 1. The SMILES string of the molecule is O=C(COC(=O)c1ccc(NCc2ccccc2)c([N+](=O)[O-])c1)NCc1ccccc1. The molecule has 0 fully saturated rings. The summed E-state index contributed by atoms with van der Waals surface area (Å²) in [6, 6.07) is 22.7. The Morgan fingerprint density at radius 1 is 0.871 bits per heavy atom. The van der Waals surface area contributed by atoms with Crippen molar-refractivity contribution in [2.75, 3.05) is 11.9 Å². The summed E-state index contributed by atoms with van der Waals surface area (Å²) in [7, 11) is 0. The molecule has 8 heteroatoms. The summed E-state index contributed by atoms with van der Waals surface area (Å²) in [6.07, 6.45) is 0. The number of rotatable bonds is 9. The molecule has 0 aliphatic heterocycles. The molecule has 0 aliphatic carbocycles. The molecule has 8 nitrogen and oxygen atoms in total. The molecule has 0 aliphatic rings. The predicted octanol–water partition coefficient (Wildman–Crippen LogP) is 3.68. The van der Waals surface area contributed by atoms with Gasteiger partial charge in [-0.25, -0.2) is 4.79 Å². The van der Waals surface area contributed by atoms with E-state index < -0.39 is 23.4 Å². The van der Waals surface area contributed by atoms with Gasteiger partial charge in [0.1, 0.15) is 5.69 Å². The maximum atomic E-state index is 12.2. The van der Waals surface area contributed by atoms with Crippen molar-refractivity contribution in [3.8, 4) is 0 Å². The predicted molar refractivity (Wildman–Crippen MR) is 115 cm³/mol. The largest absolute Gasteiger partial charge is 0.452 e. The third-order valence-corrected chi connectivity index (χ3v) is 4.42. The molecule has 0 heterocycles. The van der Waals surface area contributed by atoms with Gasteiger partial charge in [0, 0.05) is 19.2 Å². The van der Waals surface area contributed by atoms with Crippen LogP contribution in [0.3, 0.4) is 0 Å². The van der Waals surface area contributed by atoms with Crippen LogP contribution in [0.1, 0.15) is 21.5 Å². The summed E-state index contributed by atoms with van der Waals surface area (Å²) in [4.78, 5) is 35.0. The molecule has 0 spiro atoms. The number of carbonyl (C=O) groups excluding carboxylic acids is 2. The molecule has 31 heavy (non-hydrogen) atoms. The minimum absolute atomic E-state index is 0.00665. The molecular formula is C23H21N3O5. The first-order chi connectivity index (χ1) is 15.0. The maximum absolute atomic E-state index is 12.2. The van der Waals surface area contributed by atoms with Gasteiger partial charge in [0.2, 0.25) is 0 Å². The molecule has 1 amide bonds. The van der Waals surface area contributed by atoms with E-state index >= 15 is 0 Å². The van der Waals surface area contributed by atoms with Gasteiger partial charge in [-0.05, 0) is 23.3 Å². The van der Waals surface area contributed by atoms with Crippen LogP contribution in [0, 0.1) is 10.1 Å². The van der Waals surface area contributed by atoms with E-state index in [0.29, 0.717) is 13.1 Å². The van der Waals surface area contributed by atoms with Crippen LogP contribution in [0.25, 0.3) is 0 Å². The smallest absolute Gasteiger partial charge is 0.338 e. The van der Waals surface area contributed by atoms with Gasteiger partial charge in [-0.3, -0.25) is 14.9 Å². The molecule has 0 aromatic heterocycles. The lowest BCUT2D eigenvalue weighted by Gasteiger charge is -2.09. The Hall–Kier alpha value is -4.20. The summed E-state index contributed by atoms with van der Waals surface area (Å²) in [6.45, 7) is 0.227. The van der Waals surface area contributed by atoms with E-state index in [9.17, 15) is 19.7 Å². The summed E-state index contributed by atoms with van der Waals surface area (Å²) >= 11 is 0. The molecular weight excluding hydrogens is 398 g/mol. The average Bonchev–Trinajstić information content (AvgIpc) is 2.81. The highest BCUT2D eigenvalue weighted by Gasteiger charge is 2.19. The van der Waals surface area contributed by atoms with Crippen molar-refractivity contribution in [2.24, 2.45) is 0 Å². The highest BCUT2D eigenvalue weighted by molar-refractivity contribution is 5.93. The Bertz CT molecular complexity index is 1060. The average molecular weight is 419 g/mol. The minimum atomic E-state index is -0.812. The first kappa shape index (κ1) is 21.5. The standard InChI is InChI=1S/C23H21N3O5/c27-22(25-15-18-9-5-2-6-10-18)16-31-23(28)19-11-12-20(21(13-19)26(29)30)24-14-17-7-3-1-4-8-17/h1-13,24H,14-16H2,(H,25,27). The van der Waals surface area contributed by atoms with Gasteiger partial charge in [-0.1, -0.05) is 60.7 Å². The van der Waals surface area contributed by atoms with Crippen molar-refractivity contribution in [3.63, 3.8) is 0 Å². The monoisotopic (exact) mass is 419 g/mol. The molecule has 3 aromatic carbocycles. The number of benzene rings is 3. The fraction of sp³-hybridized carbons (Fsp3) is 0.130. The molecule has 3 rings (SSSR count). The summed E-state index contributed by atoms with van der Waals surface area (Å²) in [5.41, 5.74) is 1.90. The Balaban J connectivity index is 1.57. The van der Waals surface area contributed by atoms with Crippen molar-refractivity contribution in [1.29, 1.82) is 0 Å². The molecule has 0 atom stereocenters. The van der Waals surface area contributed by atoms with Crippen molar-refractivity contribution in [1.82, 2.24) is 5.32 Å². The van der Waals surface area contributed by atoms with Crippen LogP contribution in [0.4, 0.5) is 11.4 Å².